The van der Waals surface area contributed by atoms with Gasteiger partial charge in [-0.2, -0.15) is 4.98 Å². The van der Waals surface area contributed by atoms with Gasteiger partial charge in [0.2, 0.25) is 0 Å². The summed E-state index contributed by atoms with van der Waals surface area (Å²) in [5.41, 5.74) is 0.710. The van der Waals surface area contributed by atoms with E-state index in [0.717, 1.165) is 12.1 Å². The average Bonchev–Trinajstić information content (AvgIpc) is 2.73. The SMILES string of the molecule is COC(C)(C)CCOc1nc(CNC(C)(C)C)co1. The lowest BCUT2D eigenvalue weighted by Gasteiger charge is -2.21. The molecule has 1 rings (SSSR count). The summed E-state index contributed by atoms with van der Waals surface area (Å²) in [5, 5.41) is 3.34. The first-order valence-corrected chi connectivity index (χ1v) is 6.59. The van der Waals surface area contributed by atoms with Crippen molar-refractivity contribution in [3.8, 4) is 6.08 Å². The molecule has 1 N–H and O–H groups in total. The maximum absolute atomic E-state index is 5.47. The van der Waals surface area contributed by atoms with Crippen molar-refractivity contribution in [2.45, 2.75) is 58.7 Å². The number of ether oxygens (including phenoxy) is 2. The first kappa shape index (κ1) is 16.0. The number of aromatic nitrogens is 1. The summed E-state index contributed by atoms with van der Waals surface area (Å²) in [5.74, 6) is 0. The van der Waals surface area contributed by atoms with Crippen molar-refractivity contribution in [3.05, 3.63) is 12.0 Å². The largest absolute Gasteiger partial charge is 0.450 e. The monoisotopic (exact) mass is 270 g/mol. The van der Waals surface area contributed by atoms with Gasteiger partial charge in [-0.15, -0.1) is 0 Å². The van der Waals surface area contributed by atoms with E-state index in [9.17, 15) is 0 Å². The van der Waals surface area contributed by atoms with E-state index < -0.39 is 0 Å². The zero-order valence-electron chi connectivity index (χ0n) is 12.9. The van der Waals surface area contributed by atoms with Gasteiger partial charge in [0.15, 0.2) is 0 Å². The summed E-state index contributed by atoms with van der Waals surface area (Å²) in [6.45, 7) is 11.6. The van der Waals surface area contributed by atoms with E-state index >= 15 is 0 Å². The molecule has 110 valence electrons. The van der Waals surface area contributed by atoms with Gasteiger partial charge in [-0.05, 0) is 34.6 Å². The highest BCUT2D eigenvalue weighted by atomic mass is 16.6. The van der Waals surface area contributed by atoms with Crippen LogP contribution in [0.2, 0.25) is 0 Å². The van der Waals surface area contributed by atoms with Crippen LogP contribution in [0.5, 0.6) is 6.08 Å². The Labute approximate surface area is 115 Å². The fraction of sp³-hybridized carbons (Fsp3) is 0.786. The highest BCUT2D eigenvalue weighted by Crippen LogP contribution is 2.15. The Bertz CT molecular complexity index is 380. The number of rotatable bonds is 7. The van der Waals surface area contributed by atoms with E-state index in [-0.39, 0.29) is 11.1 Å². The first-order chi connectivity index (χ1) is 8.72. The predicted octanol–water partition coefficient (Wildman–Crippen LogP) is 2.76. The summed E-state index contributed by atoms with van der Waals surface area (Å²) in [4.78, 5) is 4.27. The van der Waals surface area contributed by atoms with Gasteiger partial charge in [0.25, 0.3) is 0 Å². The third-order valence-electron chi connectivity index (χ3n) is 2.81. The van der Waals surface area contributed by atoms with E-state index in [0.29, 0.717) is 19.2 Å². The molecule has 0 fully saturated rings. The molecule has 0 saturated heterocycles. The summed E-state index contributed by atoms with van der Waals surface area (Å²) in [7, 11) is 1.70. The van der Waals surface area contributed by atoms with Crippen molar-refractivity contribution in [2.24, 2.45) is 0 Å². The Morgan fingerprint density at radius 1 is 1.26 bits per heavy atom. The van der Waals surface area contributed by atoms with Gasteiger partial charge >= 0.3 is 6.08 Å². The van der Waals surface area contributed by atoms with Gasteiger partial charge < -0.3 is 19.2 Å². The normalized spacial score (nSPS) is 12.7. The Hall–Kier alpha value is -1.07. The van der Waals surface area contributed by atoms with Crippen LogP contribution in [0.4, 0.5) is 0 Å². The van der Waals surface area contributed by atoms with E-state index in [1.54, 1.807) is 13.4 Å². The van der Waals surface area contributed by atoms with Gasteiger partial charge in [-0.25, -0.2) is 0 Å². The molecule has 0 unspecified atom stereocenters. The van der Waals surface area contributed by atoms with Gasteiger partial charge in [-0.3, -0.25) is 0 Å². The molecule has 0 atom stereocenters. The van der Waals surface area contributed by atoms with Crippen molar-refractivity contribution in [3.63, 3.8) is 0 Å². The zero-order valence-corrected chi connectivity index (χ0v) is 12.9. The maximum atomic E-state index is 5.47. The first-order valence-electron chi connectivity index (χ1n) is 6.59. The summed E-state index contributed by atoms with van der Waals surface area (Å²) < 4.78 is 16.1. The van der Waals surface area contributed by atoms with Gasteiger partial charge in [0.1, 0.15) is 6.26 Å². The molecule has 1 aromatic heterocycles. The lowest BCUT2D eigenvalue weighted by molar-refractivity contribution is 0.00291. The minimum Gasteiger partial charge on any atom is -0.450 e. The van der Waals surface area contributed by atoms with Crippen LogP contribution in [0, 0.1) is 0 Å². The second-order valence-electron chi connectivity index (χ2n) is 6.27. The zero-order chi connectivity index (χ0) is 14.5. The summed E-state index contributed by atoms with van der Waals surface area (Å²) in [6, 6.07) is 0. The molecule has 1 heterocycles. The molecule has 0 saturated carbocycles. The summed E-state index contributed by atoms with van der Waals surface area (Å²) >= 11 is 0. The van der Waals surface area contributed by atoms with Crippen LogP contribution in [0.25, 0.3) is 0 Å². The number of methoxy groups -OCH3 is 1. The highest BCUT2D eigenvalue weighted by Gasteiger charge is 2.17. The topological polar surface area (TPSA) is 56.5 Å². The molecule has 1 aromatic rings. The fourth-order valence-corrected chi connectivity index (χ4v) is 1.28. The molecule has 5 heteroatoms. The Morgan fingerprint density at radius 2 is 1.95 bits per heavy atom. The van der Waals surface area contributed by atoms with Crippen LogP contribution < -0.4 is 10.1 Å². The molecule has 0 spiro atoms. The lowest BCUT2D eigenvalue weighted by atomic mass is 10.1. The molecule has 0 aliphatic carbocycles. The molecular weight excluding hydrogens is 244 g/mol. The lowest BCUT2D eigenvalue weighted by Crippen LogP contribution is -2.35. The molecule has 0 aliphatic rings. The molecule has 0 aliphatic heterocycles. The van der Waals surface area contributed by atoms with E-state index in [2.05, 4.69) is 31.1 Å². The standard InChI is InChI=1S/C14H26N2O3/c1-13(2,3)15-9-11-10-19-12(16-11)18-8-7-14(4,5)17-6/h10,15H,7-9H2,1-6H3. The molecule has 0 radical (unpaired) electrons. The van der Waals surface area contributed by atoms with Crippen molar-refractivity contribution in [1.29, 1.82) is 0 Å². The van der Waals surface area contributed by atoms with Crippen molar-refractivity contribution in [2.75, 3.05) is 13.7 Å². The number of oxazole rings is 1. The van der Waals surface area contributed by atoms with Crippen LogP contribution in [0.1, 0.15) is 46.7 Å². The smallest absolute Gasteiger partial charge is 0.393 e. The van der Waals surface area contributed by atoms with Gasteiger partial charge in [0.05, 0.1) is 17.9 Å². The van der Waals surface area contributed by atoms with Crippen LogP contribution in [-0.2, 0) is 11.3 Å². The van der Waals surface area contributed by atoms with Crippen LogP contribution in [0.3, 0.4) is 0 Å². The summed E-state index contributed by atoms with van der Waals surface area (Å²) in [6.07, 6.45) is 2.72. The van der Waals surface area contributed by atoms with Crippen molar-refractivity contribution >= 4 is 0 Å². The Kier molecular flexibility index (Phi) is 5.38. The molecular formula is C14H26N2O3. The Balaban J connectivity index is 2.35. The number of hydrogen-bond donors (Lipinski definition) is 1. The maximum Gasteiger partial charge on any atom is 0.393 e. The molecule has 0 aromatic carbocycles. The molecule has 5 nitrogen and oxygen atoms in total. The number of nitrogens with one attached hydrogen (secondary N) is 1. The van der Waals surface area contributed by atoms with E-state index in [1.807, 2.05) is 13.8 Å². The van der Waals surface area contributed by atoms with Crippen molar-refractivity contribution in [1.82, 2.24) is 10.3 Å². The molecule has 0 bridgehead atoms. The average molecular weight is 270 g/mol. The Morgan fingerprint density at radius 3 is 2.53 bits per heavy atom. The molecule has 0 amide bonds. The van der Waals surface area contributed by atoms with E-state index in [4.69, 9.17) is 13.9 Å². The molecule has 19 heavy (non-hydrogen) atoms. The van der Waals surface area contributed by atoms with Crippen LogP contribution in [-0.4, -0.2) is 29.8 Å². The fourth-order valence-electron chi connectivity index (χ4n) is 1.28. The van der Waals surface area contributed by atoms with Gasteiger partial charge in [-0.1, -0.05) is 0 Å². The number of hydrogen-bond acceptors (Lipinski definition) is 5. The van der Waals surface area contributed by atoms with Crippen molar-refractivity contribution < 1.29 is 13.9 Å². The highest BCUT2D eigenvalue weighted by molar-refractivity contribution is 5.00. The predicted molar refractivity (Wildman–Crippen MR) is 74.3 cm³/mol. The van der Waals surface area contributed by atoms with Crippen LogP contribution >= 0.6 is 0 Å². The third kappa shape index (κ3) is 6.59. The minimum atomic E-state index is -0.191. The second-order valence-corrected chi connectivity index (χ2v) is 6.27. The number of nitrogens with zero attached hydrogens (tertiary/aromatic N) is 1. The quantitative estimate of drug-likeness (QED) is 0.825. The van der Waals surface area contributed by atoms with E-state index in [1.165, 1.54) is 0 Å². The third-order valence-corrected chi connectivity index (χ3v) is 2.81. The minimum absolute atomic E-state index is 0.0580. The second kappa shape index (κ2) is 6.39. The van der Waals surface area contributed by atoms with Gasteiger partial charge in [0, 0.05) is 25.6 Å². The van der Waals surface area contributed by atoms with Crippen LogP contribution in [0.15, 0.2) is 10.7 Å².